The van der Waals surface area contributed by atoms with E-state index in [1.165, 1.54) is 6.33 Å². The molecule has 1 atom stereocenters. The summed E-state index contributed by atoms with van der Waals surface area (Å²) in [7, 11) is 0. The third kappa shape index (κ3) is 3.72. The highest BCUT2D eigenvalue weighted by Gasteiger charge is 2.20. The summed E-state index contributed by atoms with van der Waals surface area (Å²) in [6.45, 7) is 1.37. The van der Waals surface area contributed by atoms with Gasteiger partial charge in [0, 0.05) is 12.7 Å². The molecule has 1 aliphatic heterocycles. The Kier molecular flexibility index (Phi) is 4.61. The molecule has 0 radical (unpaired) electrons. The predicted octanol–water partition coefficient (Wildman–Crippen LogP) is 1.35. The summed E-state index contributed by atoms with van der Waals surface area (Å²) in [4.78, 5) is 16.0. The van der Waals surface area contributed by atoms with E-state index in [1.54, 1.807) is 17.1 Å². The zero-order valence-electron chi connectivity index (χ0n) is 13.9. The molecule has 1 aliphatic rings. The lowest BCUT2D eigenvalue weighted by Gasteiger charge is -2.07. The van der Waals surface area contributed by atoms with Gasteiger partial charge in [-0.25, -0.2) is 9.67 Å². The van der Waals surface area contributed by atoms with Crippen molar-refractivity contribution in [2.75, 3.05) is 13.2 Å². The highest BCUT2D eigenvalue weighted by atomic mass is 16.5. The Balaban J connectivity index is 1.32. The Bertz CT molecular complexity index is 854. The summed E-state index contributed by atoms with van der Waals surface area (Å²) in [5, 5.41) is 10.7. The number of nitrogens with one attached hydrogen (secondary N) is 1. The topological polar surface area (TPSA) is 104 Å². The molecule has 0 saturated carbocycles. The van der Waals surface area contributed by atoms with Gasteiger partial charge in [-0.3, -0.25) is 4.79 Å². The van der Waals surface area contributed by atoms with Gasteiger partial charge in [0.2, 0.25) is 0 Å². The molecule has 0 unspecified atom stereocenters. The second-order valence-corrected chi connectivity index (χ2v) is 5.84. The number of benzene rings is 1. The lowest BCUT2D eigenvalue weighted by atomic mass is 10.2. The zero-order valence-corrected chi connectivity index (χ0v) is 13.9. The van der Waals surface area contributed by atoms with Crippen LogP contribution >= 0.6 is 0 Å². The van der Waals surface area contributed by atoms with Gasteiger partial charge in [0.15, 0.2) is 11.5 Å². The maximum absolute atomic E-state index is 12.1. The lowest BCUT2D eigenvalue weighted by molar-refractivity contribution is 0.0920. The molecule has 1 amide bonds. The van der Waals surface area contributed by atoms with Gasteiger partial charge in [-0.1, -0.05) is 5.16 Å². The van der Waals surface area contributed by atoms with Gasteiger partial charge >= 0.3 is 0 Å². The molecule has 3 heterocycles. The quantitative estimate of drug-likeness (QED) is 0.712. The van der Waals surface area contributed by atoms with Crippen LogP contribution in [-0.2, 0) is 11.3 Å². The van der Waals surface area contributed by atoms with Crippen molar-refractivity contribution in [2.24, 2.45) is 0 Å². The number of hydrogen-bond acceptors (Lipinski definition) is 7. The van der Waals surface area contributed by atoms with Crippen molar-refractivity contribution in [1.82, 2.24) is 25.2 Å². The summed E-state index contributed by atoms with van der Waals surface area (Å²) in [6, 6.07) is 8.99. The van der Waals surface area contributed by atoms with E-state index in [1.807, 2.05) is 24.3 Å². The molecule has 0 aliphatic carbocycles. The second-order valence-electron chi connectivity index (χ2n) is 5.84. The minimum absolute atomic E-state index is 0.0300. The Hall–Kier alpha value is -3.20. The number of aromatic nitrogens is 4. The number of hydrogen-bond donors (Lipinski definition) is 1. The first-order valence-electron chi connectivity index (χ1n) is 8.20. The standard InChI is InChI=1S/C17H17N5O4/c23-17(20-12-5-6-24-8-12)16-7-15(26-21-16)9-25-14-3-1-13(2-4-14)22-11-18-10-19-22/h1-4,7,10-12H,5-6,8-9H2,(H,20,23)/t12-/m1/s1. The van der Waals surface area contributed by atoms with E-state index < -0.39 is 0 Å². The molecular formula is C17H17N5O4. The van der Waals surface area contributed by atoms with Crippen LogP contribution in [0.15, 0.2) is 47.5 Å². The molecular weight excluding hydrogens is 338 g/mol. The third-order valence-corrected chi connectivity index (χ3v) is 3.96. The molecule has 9 nitrogen and oxygen atoms in total. The first kappa shape index (κ1) is 16.3. The Morgan fingerprint density at radius 1 is 1.35 bits per heavy atom. The fourth-order valence-electron chi connectivity index (χ4n) is 2.59. The minimum Gasteiger partial charge on any atom is -0.486 e. The minimum atomic E-state index is -0.271. The number of nitrogens with zero attached hydrogens (tertiary/aromatic N) is 4. The van der Waals surface area contributed by atoms with Crippen LogP contribution in [0.3, 0.4) is 0 Å². The molecule has 4 rings (SSSR count). The molecule has 1 fully saturated rings. The highest BCUT2D eigenvalue weighted by molar-refractivity contribution is 5.92. The molecule has 1 aromatic carbocycles. The molecule has 1 N–H and O–H groups in total. The van der Waals surface area contributed by atoms with Crippen LogP contribution in [0.1, 0.15) is 22.7 Å². The van der Waals surface area contributed by atoms with Gasteiger partial charge < -0.3 is 19.3 Å². The zero-order chi connectivity index (χ0) is 17.8. The number of ether oxygens (including phenoxy) is 2. The number of carbonyl (C=O) groups is 1. The van der Waals surface area contributed by atoms with Gasteiger partial charge in [0.25, 0.3) is 5.91 Å². The van der Waals surface area contributed by atoms with Crippen LogP contribution < -0.4 is 10.1 Å². The summed E-state index contributed by atoms with van der Waals surface area (Å²) >= 11 is 0. The average Bonchev–Trinajstić information content (AvgIpc) is 3.42. The molecule has 0 bridgehead atoms. The summed E-state index contributed by atoms with van der Waals surface area (Å²) in [5.74, 6) is 0.866. The van der Waals surface area contributed by atoms with E-state index in [-0.39, 0.29) is 24.2 Å². The van der Waals surface area contributed by atoms with Crippen LogP contribution in [0.4, 0.5) is 0 Å². The van der Waals surface area contributed by atoms with Crippen LogP contribution in [-0.4, -0.2) is 45.1 Å². The monoisotopic (exact) mass is 355 g/mol. The normalized spacial score (nSPS) is 16.5. The maximum Gasteiger partial charge on any atom is 0.273 e. The number of amides is 1. The maximum atomic E-state index is 12.1. The fourth-order valence-corrected chi connectivity index (χ4v) is 2.59. The largest absolute Gasteiger partial charge is 0.486 e. The van der Waals surface area contributed by atoms with E-state index in [4.69, 9.17) is 14.0 Å². The Labute approximate surface area is 148 Å². The van der Waals surface area contributed by atoms with Gasteiger partial charge in [-0.15, -0.1) is 0 Å². The van der Waals surface area contributed by atoms with Gasteiger partial charge in [-0.05, 0) is 30.7 Å². The highest BCUT2D eigenvalue weighted by Crippen LogP contribution is 2.16. The molecule has 1 saturated heterocycles. The van der Waals surface area contributed by atoms with Crippen molar-refractivity contribution in [3.05, 3.63) is 54.4 Å². The Morgan fingerprint density at radius 3 is 2.96 bits per heavy atom. The van der Waals surface area contributed by atoms with Crippen molar-refractivity contribution >= 4 is 5.91 Å². The summed E-state index contributed by atoms with van der Waals surface area (Å²) < 4.78 is 17.7. The second kappa shape index (κ2) is 7.36. The fraction of sp³-hybridized carbons (Fsp3) is 0.294. The molecule has 26 heavy (non-hydrogen) atoms. The molecule has 2 aromatic heterocycles. The van der Waals surface area contributed by atoms with Crippen molar-refractivity contribution in [3.8, 4) is 11.4 Å². The Morgan fingerprint density at radius 2 is 2.23 bits per heavy atom. The van der Waals surface area contributed by atoms with Gasteiger partial charge in [0.05, 0.1) is 18.3 Å². The smallest absolute Gasteiger partial charge is 0.273 e. The van der Waals surface area contributed by atoms with E-state index >= 15 is 0 Å². The first-order valence-corrected chi connectivity index (χ1v) is 8.20. The van der Waals surface area contributed by atoms with Crippen molar-refractivity contribution < 1.29 is 18.8 Å². The number of carbonyl (C=O) groups excluding carboxylic acids is 1. The van der Waals surface area contributed by atoms with Crippen LogP contribution in [0.2, 0.25) is 0 Å². The SMILES string of the molecule is O=C(N[C@@H]1CCOC1)c1cc(COc2ccc(-n3cncn3)cc2)on1. The van der Waals surface area contributed by atoms with E-state index in [0.29, 0.717) is 24.7 Å². The summed E-state index contributed by atoms with van der Waals surface area (Å²) in [5.41, 5.74) is 1.11. The van der Waals surface area contributed by atoms with Crippen molar-refractivity contribution in [3.63, 3.8) is 0 Å². The predicted molar refractivity (Wildman–Crippen MR) is 88.9 cm³/mol. The van der Waals surface area contributed by atoms with Crippen molar-refractivity contribution in [1.29, 1.82) is 0 Å². The van der Waals surface area contributed by atoms with E-state index in [2.05, 4.69) is 20.6 Å². The van der Waals surface area contributed by atoms with Crippen LogP contribution in [0, 0.1) is 0 Å². The van der Waals surface area contributed by atoms with Gasteiger partial charge in [-0.2, -0.15) is 5.10 Å². The number of rotatable bonds is 6. The van der Waals surface area contributed by atoms with Crippen LogP contribution in [0.5, 0.6) is 5.75 Å². The molecule has 9 heteroatoms. The lowest BCUT2D eigenvalue weighted by Crippen LogP contribution is -2.35. The average molecular weight is 355 g/mol. The molecule has 0 spiro atoms. The summed E-state index contributed by atoms with van der Waals surface area (Å²) in [6.07, 6.45) is 3.90. The third-order valence-electron chi connectivity index (χ3n) is 3.96. The van der Waals surface area contributed by atoms with Crippen LogP contribution in [0.25, 0.3) is 5.69 Å². The van der Waals surface area contributed by atoms with Gasteiger partial charge in [0.1, 0.15) is 25.0 Å². The van der Waals surface area contributed by atoms with E-state index in [0.717, 1.165) is 12.1 Å². The first-order chi connectivity index (χ1) is 12.8. The van der Waals surface area contributed by atoms with Crippen molar-refractivity contribution in [2.45, 2.75) is 19.1 Å². The molecule has 134 valence electrons. The molecule has 3 aromatic rings. The van der Waals surface area contributed by atoms with E-state index in [9.17, 15) is 4.79 Å².